The van der Waals surface area contributed by atoms with Crippen LogP contribution < -0.4 is 27.4 Å². The molecule has 0 radical (unpaired) electrons. The Bertz CT molecular complexity index is 872. The van der Waals surface area contributed by atoms with Gasteiger partial charge < -0.3 is 37.5 Å². The average Bonchev–Trinajstić information content (AvgIpc) is 3.24. The van der Waals surface area contributed by atoms with Crippen molar-refractivity contribution in [1.82, 2.24) is 25.9 Å². The van der Waals surface area contributed by atoms with Crippen molar-refractivity contribution in [3.05, 3.63) is 18.2 Å². The van der Waals surface area contributed by atoms with Gasteiger partial charge in [0.05, 0.1) is 18.8 Å². The molecule has 0 spiro atoms. The van der Waals surface area contributed by atoms with Crippen LogP contribution in [0.15, 0.2) is 12.5 Å². The summed E-state index contributed by atoms with van der Waals surface area (Å²) < 4.78 is 0. The van der Waals surface area contributed by atoms with Crippen LogP contribution >= 0.6 is 0 Å². The molecule has 0 saturated carbocycles. The maximum Gasteiger partial charge on any atom is 0.326 e. The predicted octanol–water partition coefficient (Wildman–Crippen LogP) is -1.21. The fourth-order valence-electron chi connectivity index (χ4n) is 3.37. The van der Waals surface area contributed by atoms with Gasteiger partial charge in [0, 0.05) is 18.3 Å². The Morgan fingerprint density at radius 2 is 1.46 bits per heavy atom. The van der Waals surface area contributed by atoms with Crippen molar-refractivity contribution in [2.24, 2.45) is 23.3 Å². The standard InChI is InChI=1S/C22H37N7O6/c1-11(2)5-14(23)19(31)27-15(6-12(3)4)20(32)28-16(7-13-9-25-10-26-13)21(33)29-17(22(34)35)8-18(24)30/h9-12,14-17H,5-8,23H2,1-4H3,(H2,24,30)(H,25,26)(H,27,31)(H,28,32)(H,29,33)(H,34,35). The Labute approximate surface area is 204 Å². The molecular weight excluding hydrogens is 458 g/mol. The lowest BCUT2D eigenvalue weighted by molar-refractivity contribution is -0.143. The highest BCUT2D eigenvalue weighted by Crippen LogP contribution is 2.09. The molecule has 4 atom stereocenters. The van der Waals surface area contributed by atoms with Crippen molar-refractivity contribution in [2.75, 3.05) is 0 Å². The molecule has 0 aromatic carbocycles. The second-order valence-electron chi connectivity index (χ2n) is 9.34. The van der Waals surface area contributed by atoms with Gasteiger partial charge in [-0.1, -0.05) is 27.7 Å². The third-order valence-corrected chi connectivity index (χ3v) is 5.03. The maximum atomic E-state index is 13.1. The molecule has 0 saturated heterocycles. The van der Waals surface area contributed by atoms with Crippen LogP contribution in [0.5, 0.6) is 0 Å². The summed E-state index contributed by atoms with van der Waals surface area (Å²) in [5.74, 6) is -4.12. The third-order valence-electron chi connectivity index (χ3n) is 5.03. The van der Waals surface area contributed by atoms with E-state index in [9.17, 15) is 29.1 Å². The zero-order valence-electron chi connectivity index (χ0n) is 20.5. The molecule has 13 heteroatoms. The van der Waals surface area contributed by atoms with Crippen molar-refractivity contribution in [2.45, 2.75) is 77.5 Å². The number of rotatable bonds is 15. The van der Waals surface area contributed by atoms with Crippen LogP contribution in [0.3, 0.4) is 0 Å². The molecule has 4 unspecified atom stereocenters. The molecule has 0 fully saturated rings. The summed E-state index contributed by atoms with van der Waals surface area (Å²) in [4.78, 5) is 67.9. The minimum atomic E-state index is -1.57. The topological polar surface area (TPSA) is 222 Å². The first kappa shape index (κ1) is 29.6. The number of carbonyl (C=O) groups is 5. The van der Waals surface area contributed by atoms with E-state index in [2.05, 4.69) is 25.9 Å². The number of imidazole rings is 1. The zero-order valence-corrected chi connectivity index (χ0v) is 20.5. The minimum absolute atomic E-state index is 0.0271. The predicted molar refractivity (Wildman–Crippen MR) is 126 cm³/mol. The van der Waals surface area contributed by atoms with E-state index in [1.807, 2.05) is 27.7 Å². The van der Waals surface area contributed by atoms with E-state index in [0.717, 1.165) is 0 Å². The van der Waals surface area contributed by atoms with Crippen LogP contribution in [-0.2, 0) is 30.4 Å². The molecule has 9 N–H and O–H groups in total. The number of nitrogens with one attached hydrogen (secondary N) is 4. The van der Waals surface area contributed by atoms with Gasteiger partial charge in [0.15, 0.2) is 0 Å². The molecule has 4 amide bonds. The second kappa shape index (κ2) is 14.0. The quantitative estimate of drug-likeness (QED) is 0.156. The molecular formula is C22H37N7O6. The lowest BCUT2D eigenvalue weighted by atomic mass is 10.00. The van der Waals surface area contributed by atoms with Crippen LogP contribution in [0.25, 0.3) is 0 Å². The van der Waals surface area contributed by atoms with Gasteiger partial charge in [0.25, 0.3) is 0 Å². The normalized spacial score (nSPS) is 14.6. The Morgan fingerprint density at radius 1 is 0.914 bits per heavy atom. The summed E-state index contributed by atoms with van der Waals surface area (Å²) in [6.07, 6.45) is 2.88. The number of aliphatic carboxylic acids is 1. The Morgan fingerprint density at radius 3 is 1.94 bits per heavy atom. The number of aromatic nitrogens is 2. The van der Waals surface area contributed by atoms with Gasteiger partial charge in [-0.05, 0) is 24.7 Å². The van der Waals surface area contributed by atoms with Crippen LogP contribution in [0.2, 0.25) is 0 Å². The summed E-state index contributed by atoms with van der Waals surface area (Å²) in [6, 6.07) is -4.57. The fraction of sp³-hybridized carbons (Fsp3) is 0.636. The van der Waals surface area contributed by atoms with Crippen molar-refractivity contribution in [3.8, 4) is 0 Å². The van der Waals surface area contributed by atoms with E-state index in [4.69, 9.17) is 11.5 Å². The molecule has 1 aromatic rings. The van der Waals surface area contributed by atoms with E-state index in [-0.39, 0.29) is 24.7 Å². The monoisotopic (exact) mass is 495 g/mol. The van der Waals surface area contributed by atoms with Gasteiger partial charge in [-0.25, -0.2) is 9.78 Å². The highest BCUT2D eigenvalue weighted by atomic mass is 16.4. The van der Waals surface area contributed by atoms with Crippen LogP contribution in [0, 0.1) is 11.8 Å². The molecule has 0 bridgehead atoms. The van der Waals surface area contributed by atoms with Gasteiger partial charge in [0.1, 0.15) is 18.1 Å². The zero-order chi connectivity index (χ0) is 26.7. The van der Waals surface area contributed by atoms with E-state index in [0.29, 0.717) is 12.1 Å². The smallest absolute Gasteiger partial charge is 0.326 e. The van der Waals surface area contributed by atoms with Gasteiger partial charge in [0.2, 0.25) is 23.6 Å². The fourth-order valence-corrected chi connectivity index (χ4v) is 3.37. The molecule has 0 aliphatic rings. The number of amides is 4. The number of carboxylic acids is 1. The first-order valence-electron chi connectivity index (χ1n) is 11.4. The van der Waals surface area contributed by atoms with E-state index in [1.54, 1.807) is 0 Å². The molecule has 1 heterocycles. The second-order valence-corrected chi connectivity index (χ2v) is 9.34. The summed E-state index contributed by atoms with van der Waals surface area (Å²) in [6.45, 7) is 7.59. The molecule has 1 aromatic heterocycles. The number of primary amides is 1. The minimum Gasteiger partial charge on any atom is -0.480 e. The maximum absolute atomic E-state index is 13.1. The molecule has 196 valence electrons. The summed E-state index contributed by atoms with van der Waals surface area (Å²) in [5, 5.41) is 16.8. The van der Waals surface area contributed by atoms with Crippen LogP contribution in [0.4, 0.5) is 0 Å². The van der Waals surface area contributed by atoms with Crippen molar-refractivity contribution in [3.63, 3.8) is 0 Å². The third kappa shape index (κ3) is 11.0. The number of carbonyl (C=O) groups excluding carboxylic acids is 4. The van der Waals surface area contributed by atoms with Gasteiger partial charge in [-0.3, -0.25) is 19.2 Å². The van der Waals surface area contributed by atoms with Crippen molar-refractivity contribution in [1.29, 1.82) is 0 Å². The molecule has 0 aliphatic heterocycles. The highest BCUT2D eigenvalue weighted by molar-refractivity contribution is 5.95. The number of nitrogens with zero attached hydrogens (tertiary/aromatic N) is 1. The number of hydrogen-bond donors (Lipinski definition) is 7. The molecule has 35 heavy (non-hydrogen) atoms. The number of hydrogen-bond acceptors (Lipinski definition) is 7. The van der Waals surface area contributed by atoms with Gasteiger partial charge >= 0.3 is 5.97 Å². The number of H-pyrrole nitrogens is 1. The van der Waals surface area contributed by atoms with Crippen LogP contribution in [-0.4, -0.2) is 68.8 Å². The number of aromatic amines is 1. The Balaban J connectivity index is 3.07. The molecule has 0 aliphatic carbocycles. The van der Waals surface area contributed by atoms with E-state index in [1.165, 1.54) is 12.5 Å². The summed E-state index contributed by atoms with van der Waals surface area (Å²) in [5.41, 5.74) is 11.5. The highest BCUT2D eigenvalue weighted by Gasteiger charge is 2.31. The van der Waals surface area contributed by atoms with Crippen molar-refractivity contribution >= 4 is 29.6 Å². The Hall–Kier alpha value is -3.48. The van der Waals surface area contributed by atoms with Crippen molar-refractivity contribution < 1.29 is 29.1 Å². The van der Waals surface area contributed by atoms with E-state index < -0.39 is 60.2 Å². The first-order valence-corrected chi connectivity index (χ1v) is 11.4. The molecule has 1 rings (SSSR count). The lowest BCUT2D eigenvalue weighted by Crippen LogP contribution is -2.58. The largest absolute Gasteiger partial charge is 0.480 e. The summed E-state index contributed by atoms with van der Waals surface area (Å²) in [7, 11) is 0. The number of nitrogens with two attached hydrogens (primary N) is 2. The number of carboxylic acid groups (broad SMARTS) is 1. The first-order chi connectivity index (χ1) is 16.3. The van der Waals surface area contributed by atoms with E-state index >= 15 is 0 Å². The summed E-state index contributed by atoms with van der Waals surface area (Å²) >= 11 is 0. The average molecular weight is 496 g/mol. The Kier molecular flexibility index (Phi) is 11.9. The lowest BCUT2D eigenvalue weighted by Gasteiger charge is -2.26. The van der Waals surface area contributed by atoms with Gasteiger partial charge in [-0.2, -0.15) is 0 Å². The SMILES string of the molecule is CC(C)CC(N)C(=O)NC(CC(C)C)C(=O)NC(Cc1cnc[nH]1)C(=O)NC(CC(N)=O)C(=O)O. The van der Waals surface area contributed by atoms with Gasteiger partial charge in [-0.15, -0.1) is 0 Å². The van der Waals surface area contributed by atoms with Crippen LogP contribution in [0.1, 0.15) is 52.7 Å². The molecule has 13 nitrogen and oxygen atoms in total.